The van der Waals surface area contributed by atoms with Crippen LogP contribution < -0.4 is 4.74 Å². The molecule has 0 fully saturated rings. The first-order valence-electron chi connectivity index (χ1n) is 6.93. The average molecular weight is 255 g/mol. The number of hydrogen-bond donors (Lipinski definition) is 0. The van der Waals surface area contributed by atoms with Crippen molar-refractivity contribution in [3.05, 3.63) is 11.3 Å². The summed E-state index contributed by atoms with van der Waals surface area (Å²) in [4.78, 5) is 2.18. The van der Waals surface area contributed by atoms with Crippen LogP contribution in [-0.4, -0.2) is 41.4 Å². The van der Waals surface area contributed by atoms with E-state index in [2.05, 4.69) is 31.0 Å². The number of rotatable bonds is 1. The molecule has 1 aliphatic heterocycles. The minimum Gasteiger partial charge on any atom is -0.476 e. The molecule has 0 saturated carbocycles. The molecule has 106 valence electrons. The van der Waals surface area contributed by atoms with Crippen molar-refractivity contribution in [3.8, 4) is 5.88 Å². The first-order chi connectivity index (χ1) is 8.59. The molecule has 0 aliphatic carbocycles. The van der Waals surface area contributed by atoms with Gasteiger partial charge in [0.05, 0.1) is 18.3 Å². The SMILES string of the molecule is CC.CC.Cc1nn2c(c1C)OCC(N(C)C)C2. The lowest BCUT2D eigenvalue weighted by Crippen LogP contribution is -2.41. The van der Waals surface area contributed by atoms with Crippen LogP contribution in [0.25, 0.3) is 0 Å². The first kappa shape index (κ1) is 17.0. The van der Waals surface area contributed by atoms with E-state index >= 15 is 0 Å². The van der Waals surface area contributed by atoms with Crippen LogP contribution in [0.5, 0.6) is 5.88 Å². The van der Waals surface area contributed by atoms with Gasteiger partial charge in [-0.15, -0.1) is 0 Å². The van der Waals surface area contributed by atoms with Crippen LogP contribution in [0.3, 0.4) is 0 Å². The van der Waals surface area contributed by atoms with Gasteiger partial charge in [0.15, 0.2) is 0 Å². The number of ether oxygens (including phenoxy) is 1. The molecule has 18 heavy (non-hydrogen) atoms. The summed E-state index contributed by atoms with van der Waals surface area (Å²) in [7, 11) is 4.14. The Labute approximate surface area is 112 Å². The second kappa shape index (κ2) is 8.14. The number of aromatic nitrogens is 2. The molecule has 0 bridgehead atoms. The molecule has 0 aromatic carbocycles. The Balaban J connectivity index is 0.000000659. The van der Waals surface area contributed by atoms with Crippen molar-refractivity contribution in [2.24, 2.45) is 0 Å². The van der Waals surface area contributed by atoms with Gasteiger partial charge in [-0.3, -0.25) is 0 Å². The van der Waals surface area contributed by atoms with Gasteiger partial charge >= 0.3 is 0 Å². The molecule has 1 atom stereocenters. The Morgan fingerprint density at radius 3 is 2.22 bits per heavy atom. The summed E-state index contributed by atoms with van der Waals surface area (Å²) in [6.45, 7) is 13.8. The van der Waals surface area contributed by atoms with E-state index in [-0.39, 0.29) is 0 Å². The maximum Gasteiger partial charge on any atom is 0.215 e. The van der Waals surface area contributed by atoms with Crippen LogP contribution in [0.15, 0.2) is 0 Å². The second-order valence-electron chi connectivity index (χ2n) is 4.13. The van der Waals surface area contributed by atoms with Gasteiger partial charge in [-0.1, -0.05) is 27.7 Å². The molecule has 0 saturated heterocycles. The summed E-state index contributed by atoms with van der Waals surface area (Å²) in [5, 5.41) is 4.45. The van der Waals surface area contributed by atoms with E-state index < -0.39 is 0 Å². The molecule has 2 heterocycles. The summed E-state index contributed by atoms with van der Waals surface area (Å²) < 4.78 is 7.68. The monoisotopic (exact) mass is 255 g/mol. The van der Waals surface area contributed by atoms with Crippen LogP contribution in [0.1, 0.15) is 39.0 Å². The zero-order chi connectivity index (χ0) is 14.3. The maximum atomic E-state index is 5.71. The van der Waals surface area contributed by atoms with E-state index in [0.717, 1.165) is 24.7 Å². The molecule has 0 amide bonds. The molecule has 4 nitrogen and oxygen atoms in total. The van der Waals surface area contributed by atoms with E-state index in [1.807, 2.05) is 39.3 Å². The number of aryl methyl sites for hydroxylation is 1. The first-order valence-corrected chi connectivity index (χ1v) is 6.93. The standard InChI is InChI=1S/C10H17N3O.2C2H6/c1-7-8(2)11-13-5-9(12(3)4)6-14-10(7)13;2*1-2/h9H,5-6H2,1-4H3;2*1-2H3. The van der Waals surface area contributed by atoms with Crippen LogP contribution in [0.4, 0.5) is 0 Å². The zero-order valence-corrected chi connectivity index (χ0v) is 13.2. The summed E-state index contributed by atoms with van der Waals surface area (Å²) in [6.07, 6.45) is 0. The number of likely N-dealkylation sites (N-methyl/N-ethyl adjacent to an activating group) is 1. The topological polar surface area (TPSA) is 30.3 Å². The molecule has 0 N–H and O–H groups in total. The van der Waals surface area contributed by atoms with Crippen LogP contribution in [0.2, 0.25) is 0 Å². The van der Waals surface area contributed by atoms with Gasteiger partial charge in [0, 0.05) is 5.56 Å². The van der Waals surface area contributed by atoms with Gasteiger partial charge in [-0.05, 0) is 27.9 Å². The van der Waals surface area contributed by atoms with E-state index in [4.69, 9.17) is 4.74 Å². The van der Waals surface area contributed by atoms with Gasteiger partial charge in [0.25, 0.3) is 0 Å². The predicted molar refractivity (Wildman–Crippen MR) is 77.4 cm³/mol. The minimum absolute atomic E-state index is 0.432. The third-order valence-corrected chi connectivity index (χ3v) is 2.90. The van der Waals surface area contributed by atoms with Gasteiger partial charge in [-0.2, -0.15) is 5.10 Å². The van der Waals surface area contributed by atoms with E-state index in [1.165, 1.54) is 5.56 Å². The van der Waals surface area contributed by atoms with Crippen LogP contribution >= 0.6 is 0 Å². The minimum atomic E-state index is 0.432. The Kier molecular flexibility index (Phi) is 7.67. The Morgan fingerprint density at radius 2 is 1.72 bits per heavy atom. The van der Waals surface area contributed by atoms with E-state index in [0.29, 0.717) is 6.04 Å². The molecule has 1 aromatic rings. The lowest BCUT2D eigenvalue weighted by molar-refractivity contribution is 0.119. The molecule has 1 unspecified atom stereocenters. The highest BCUT2D eigenvalue weighted by Gasteiger charge is 2.24. The molecule has 2 rings (SSSR count). The van der Waals surface area contributed by atoms with E-state index in [9.17, 15) is 0 Å². The Morgan fingerprint density at radius 1 is 1.17 bits per heavy atom. The summed E-state index contributed by atoms with van der Waals surface area (Å²) in [5.41, 5.74) is 2.24. The normalized spacial score (nSPS) is 16.8. The fraction of sp³-hybridized carbons (Fsp3) is 0.786. The maximum absolute atomic E-state index is 5.71. The van der Waals surface area contributed by atoms with Crippen molar-refractivity contribution in [2.75, 3.05) is 20.7 Å². The summed E-state index contributed by atoms with van der Waals surface area (Å²) >= 11 is 0. The van der Waals surface area contributed by atoms with Crippen molar-refractivity contribution in [1.29, 1.82) is 0 Å². The van der Waals surface area contributed by atoms with Crippen molar-refractivity contribution in [2.45, 2.75) is 54.1 Å². The molecule has 0 spiro atoms. The Hall–Kier alpha value is -1.03. The highest BCUT2D eigenvalue weighted by Crippen LogP contribution is 2.25. The third-order valence-electron chi connectivity index (χ3n) is 2.90. The number of fused-ring (bicyclic) bond motifs is 1. The van der Waals surface area contributed by atoms with Gasteiger partial charge in [0.1, 0.15) is 6.61 Å². The van der Waals surface area contributed by atoms with Crippen molar-refractivity contribution in [1.82, 2.24) is 14.7 Å². The highest BCUT2D eigenvalue weighted by molar-refractivity contribution is 5.30. The molecule has 1 aromatic heterocycles. The number of nitrogens with zero attached hydrogens (tertiary/aromatic N) is 3. The lowest BCUT2D eigenvalue weighted by atomic mass is 10.2. The lowest BCUT2D eigenvalue weighted by Gasteiger charge is -2.29. The third kappa shape index (κ3) is 3.73. The number of hydrogen-bond acceptors (Lipinski definition) is 3. The fourth-order valence-electron chi connectivity index (χ4n) is 1.70. The van der Waals surface area contributed by atoms with Crippen molar-refractivity contribution < 1.29 is 4.74 Å². The van der Waals surface area contributed by atoms with Gasteiger partial charge in [0.2, 0.25) is 5.88 Å². The predicted octanol–water partition coefficient (Wildman–Crippen LogP) is 2.87. The molecular formula is C14H29N3O. The summed E-state index contributed by atoms with van der Waals surface area (Å²) in [6, 6.07) is 0.432. The van der Waals surface area contributed by atoms with Crippen molar-refractivity contribution >= 4 is 0 Å². The van der Waals surface area contributed by atoms with E-state index in [1.54, 1.807) is 0 Å². The van der Waals surface area contributed by atoms with Crippen LogP contribution in [0, 0.1) is 13.8 Å². The fourth-order valence-corrected chi connectivity index (χ4v) is 1.70. The second-order valence-corrected chi connectivity index (χ2v) is 4.13. The molecule has 0 radical (unpaired) electrons. The average Bonchev–Trinajstić information content (AvgIpc) is 2.69. The molecular weight excluding hydrogens is 226 g/mol. The van der Waals surface area contributed by atoms with Crippen LogP contribution in [-0.2, 0) is 6.54 Å². The largest absolute Gasteiger partial charge is 0.476 e. The quantitative estimate of drug-likeness (QED) is 0.773. The van der Waals surface area contributed by atoms with Gasteiger partial charge < -0.3 is 9.64 Å². The van der Waals surface area contributed by atoms with Gasteiger partial charge in [-0.25, -0.2) is 4.68 Å². The van der Waals surface area contributed by atoms with Crippen molar-refractivity contribution in [3.63, 3.8) is 0 Å². The zero-order valence-electron chi connectivity index (χ0n) is 13.2. The highest BCUT2D eigenvalue weighted by atomic mass is 16.5. The molecule has 4 heteroatoms. The molecule has 1 aliphatic rings. The smallest absolute Gasteiger partial charge is 0.215 e. The Bertz CT molecular complexity index is 345. The summed E-state index contributed by atoms with van der Waals surface area (Å²) in [5.74, 6) is 0.945.